The zero-order chi connectivity index (χ0) is 15.5. The van der Waals surface area contributed by atoms with Gasteiger partial charge in [-0.25, -0.2) is 4.79 Å². The summed E-state index contributed by atoms with van der Waals surface area (Å²) in [6.45, 7) is 3.78. The molecule has 118 valence electrons. The van der Waals surface area contributed by atoms with E-state index >= 15 is 0 Å². The largest absolute Gasteiger partial charge is 0.448 e. The minimum Gasteiger partial charge on any atom is -0.448 e. The third-order valence-corrected chi connectivity index (χ3v) is 4.21. The van der Waals surface area contributed by atoms with Crippen LogP contribution in [0.25, 0.3) is 0 Å². The monoisotopic (exact) mass is 323 g/mol. The van der Waals surface area contributed by atoms with Crippen molar-refractivity contribution in [2.24, 2.45) is 0 Å². The molecule has 7 heteroatoms. The second-order valence-corrected chi connectivity index (χ2v) is 5.82. The quantitative estimate of drug-likeness (QED) is 0.844. The summed E-state index contributed by atoms with van der Waals surface area (Å²) < 4.78 is 4.84. The molecule has 1 aromatic carbocycles. The summed E-state index contributed by atoms with van der Waals surface area (Å²) in [7, 11) is 0. The van der Waals surface area contributed by atoms with Gasteiger partial charge in [0.1, 0.15) is 13.2 Å². The van der Waals surface area contributed by atoms with Gasteiger partial charge in [-0.2, -0.15) is 0 Å². The number of piperazine rings is 1. The van der Waals surface area contributed by atoms with E-state index in [-0.39, 0.29) is 12.5 Å². The Balaban J connectivity index is 1.53. The summed E-state index contributed by atoms with van der Waals surface area (Å²) in [4.78, 5) is 29.1. The molecule has 0 unspecified atom stereocenters. The SMILES string of the molecule is O=C(CN1CCOC1=O)N1CCN(c2cccc(Cl)c2)CC1. The maximum absolute atomic E-state index is 12.2. The number of halogens is 1. The number of amides is 2. The van der Waals surface area contributed by atoms with Gasteiger partial charge in [0.2, 0.25) is 5.91 Å². The Morgan fingerprint density at radius 1 is 1.18 bits per heavy atom. The molecule has 0 bridgehead atoms. The van der Waals surface area contributed by atoms with Crippen molar-refractivity contribution in [3.63, 3.8) is 0 Å². The average Bonchev–Trinajstić information content (AvgIpc) is 2.92. The second kappa shape index (κ2) is 6.44. The molecule has 2 aliphatic heterocycles. The summed E-state index contributed by atoms with van der Waals surface area (Å²) in [5, 5.41) is 0.712. The first-order valence-electron chi connectivity index (χ1n) is 7.33. The summed E-state index contributed by atoms with van der Waals surface area (Å²) in [5.74, 6) is -0.0235. The zero-order valence-electron chi connectivity index (χ0n) is 12.2. The first kappa shape index (κ1) is 15.0. The van der Waals surface area contributed by atoms with Crippen molar-refractivity contribution in [2.45, 2.75) is 0 Å². The Kier molecular flexibility index (Phi) is 4.38. The second-order valence-electron chi connectivity index (χ2n) is 5.38. The Bertz CT molecular complexity index is 573. The van der Waals surface area contributed by atoms with E-state index < -0.39 is 6.09 Å². The fourth-order valence-corrected chi connectivity index (χ4v) is 2.90. The maximum atomic E-state index is 12.2. The van der Waals surface area contributed by atoms with Gasteiger partial charge in [0, 0.05) is 36.9 Å². The van der Waals surface area contributed by atoms with Crippen LogP contribution in [0.5, 0.6) is 0 Å². The highest BCUT2D eigenvalue weighted by Gasteiger charge is 2.28. The molecule has 0 radical (unpaired) electrons. The maximum Gasteiger partial charge on any atom is 0.410 e. The van der Waals surface area contributed by atoms with Crippen LogP contribution >= 0.6 is 11.6 Å². The average molecular weight is 324 g/mol. The van der Waals surface area contributed by atoms with Gasteiger partial charge in [-0.15, -0.1) is 0 Å². The van der Waals surface area contributed by atoms with Crippen molar-refractivity contribution in [1.29, 1.82) is 0 Å². The van der Waals surface area contributed by atoms with Crippen LogP contribution in [0, 0.1) is 0 Å². The van der Waals surface area contributed by atoms with E-state index in [2.05, 4.69) is 4.90 Å². The number of anilines is 1. The van der Waals surface area contributed by atoms with Gasteiger partial charge in [0.25, 0.3) is 0 Å². The molecule has 3 rings (SSSR count). The van der Waals surface area contributed by atoms with Crippen LogP contribution < -0.4 is 4.90 Å². The van der Waals surface area contributed by atoms with Crippen molar-refractivity contribution in [2.75, 3.05) is 50.8 Å². The molecule has 2 heterocycles. The van der Waals surface area contributed by atoms with Crippen molar-refractivity contribution in [3.8, 4) is 0 Å². The molecule has 2 saturated heterocycles. The lowest BCUT2D eigenvalue weighted by atomic mass is 10.2. The van der Waals surface area contributed by atoms with Crippen molar-refractivity contribution in [3.05, 3.63) is 29.3 Å². The highest BCUT2D eigenvalue weighted by Crippen LogP contribution is 2.20. The Morgan fingerprint density at radius 3 is 2.59 bits per heavy atom. The normalized spacial score (nSPS) is 18.6. The minimum atomic E-state index is -0.397. The highest BCUT2D eigenvalue weighted by molar-refractivity contribution is 6.30. The minimum absolute atomic E-state index is 0.0235. The van der Waals surface area contributed by atoms with Crippen molar-refractivity contribution >= 4 is 29.3 Å². The molecule has 0 aromatic heterocycles. The molecular formula is C15H18ClN3O3. The number of rotatable bonds is 3. The highest BCUT2D eigenvalue weighted by atomic mass is 35.5. The van der Waals surface area contributed by atoms with E-state index in [1.54, 1.807) is 4.90 Å². The van der Waals surface area contributed by atoms with E-state index in [1.807, 2.05) is 24.3 Å². The molecule has 6 nitrogen and oxygen atoms in total. The number of hydrogen-bond acceptors (Lipinski definition) is 4. The smallest absolute Gasteiger partial charge is 0.410 e. The first-order valence-corrected chi connectivity index (χ1v) is 7.71. The molecule has 0 atom stereocenters. The van der Waals surface area contributed by atoms with Gasteiger partial charge in [0.15, 0.2) is 0 Å². The van der Waals surface area contributed by atoms with Gasteiger partial charge >= 0.3 is 6.09 Å². The van der Waals surface area contributed by atoms with E-state index in [0.29, 0.717) is 31.3 Å². The van der Waals surface area contributed by atoms with Gasteiger partial charge in [-0.05, 0) is 18.2 Å². The van der Waals surface area contributed by atoms with E-state index in [9.17, 15) is 9.59 Å². The topological polar surface area (TPSA) is 53.1 Å². The van der Waals surface area contributed by atoms with Gasteiger partial charge in [0.05, 0.1) is 6.54 Å². The lowest BCUT2D eigenvalue weighted by Gasteiger charge is -2.36. The number of carbonyl (C=O) groups is 2. The van der Waals surface area contributed by atoms with Crippen LogP contribution in [0.1, 0.15) is 0 Å². The fraction of sp³-hybridized carbons (Fsp3) is 0.467. The zero-order valence-corrected chi connectivity index (χ0v) is 13.0. The van der Waals surface area contributed by atoms with Crippen LogP contribution in [-0.4, -0.2) is 67.7 Å². The van der Waals surface area contributed by atoms with E-state index in [4.69, 9.17) is 16.3 Å². The molecule has 0 saturated carbocycles. The molecule has 0 aliphatic carbocycles. The Labute approximate surface area is 134 Å². The third kappa shape index (κ3) is 3.27. The third-order valence-electron chi connectivity index (χ3n) is 3.98. The lowest BCUT2D eigenvalue weighted by Crippen LogP contribution is -2.51. The molecule has 0 spiro atoms. The first-order chi connectivity index (χ1) is 10.6. The Morgan fingerprint density at radius 2 is 1.95 bits per heavy atom. The molecule has 2 fully saturated rings. The number of carbonyl (C=O) groups excluding carboxylic acids is 2. The number of cyclic esters (lactones) is 1. The molecule has 1 aromatic rings. The lowest BCUT2D eigenvalue weighted by molar-refractivity contribution is -0.132. The van der Waals surface area contributed by atoms with E-state index in [1.165, 1.54) is 4.90 Å². The summed E-state index contributed by atoms with van der Waals surface area (Å²) in [6, 6.07) is 7.72. The summed E-state index contributed by atoms with van der Waals surface area (Å²) in [5.41, 5.74) is 1.07. The van der Waals surface area contributed by atoms with Crippen LogP contribution in [0.4, 0.5) is 10.5 Å². The number of hydrogen-bond donors (Lipinski definition) is 0. The number of nitrogens with zero attached hydrogens (tertiary/aromatic N) is 3. The summed E-state index contributed by atoms with van der Waals surface area (Å²) in [6.07, 6.45) is -0.397. The predicted octanol–water partition coefficient (Wildman–Crippen LogP) is 1.44. The molecule has 22 heavy (non-hydrogen) atoms. The standard InChI is InChI=1S/C15H18ClN3O3/c16-12-2-1-3-13(10-12)17-4-6-18(7-5-17)14(20)11-19-8-9-22-15(19)21/h1-3,10H,4-9,11H2. The molecule has 2 amide bonds. The predicted molar refractivity (Wildman–Crippen MR) is 83.2 cm³/mol. The molecule has 0 N–H and O–H groups in total. The summed E-state index contributed by atoms with van der Waals surface area (Å²) >= 11 is 6.01. The van der Waals surface area contributed by atoms with Crippen molar-refractivity contribution < 1.29 is 14.3 Å². The number of benzene rings is 1. The van der Waals surface area contributed by atoms with Crippen LogP contribution in [0.2, 0.25) is 5.02 Å². The fourth-order valence-electron chi connectivity index (χ4n) is 2.72. The Hall–Kier alpha value is -1.95. The molecule has 2 aliphatic rings. The van der Waals surface area contributed by atoms with Gasteiger partial charge in [-0.3, -0.25) is 9.69 Å². The van der Waals surface area contributed by atoms with Crippen LogP contribution in [-0.2, 0) is 9.53 Å². The van der Waals surface area contributed by atoms with E-state index in [0.717, 1.165) is 18.8 Å². The van der Waals surface area contributed by atoms with Crippen LogP contribution in [0.3, 0.4) is 0 Å². The number of ether oxygens (including phenoxy) is 1. The van der Waals surface area contributed by atoms with Gasteiger partial charge < -0.3 is 14.5 Å². The van der Waals surface area contributed by atoms with Crippen molar-refractivity contribution in [1.82, 2.24) is 9.80 Å². The van der Waals surface area contributed by atoms with Gasteiger partial charge in [-0.1, -0.05) is 17.7 Å². The van der Waals surface area contributed by atoms with Crippen LogP contribution in [0.15, 0.2) is 24.3 Å². The molecular weight excluding hydrogens is 306 g/mol.